The minimum Gasteiger partial charge on any atom is -0.334 e. The van der Waals surface area contributed by atoms with Gasteiger partial charge in [-0.05, 0) is 31.0 Å². The van der Waals surface area contributed by atoms with Gasteiger partial charge in [0, 0.05) is 25.4 Å². The third-order valence-electron chi connectivity index (χ3n) is 4.78. The van der Waals surface area contributed by atoms with Crippen LogP contribution in [0.25, 0.3) is 11.5 Å². The standard InChI is InChI=1S/C19H22N6O2/c1-2-17-22-18(27-23-17)15-8-3-4-9-16(15)21-19(26)25-12-5-7-14(25)13-24-11-6-10-20-24/h3-4,6,8-11,14H,2,5,7,12-13H2,1H3,(H,21,26)/t14-/m0/s1. The second kappa shape index (κ2) is 7.61. The van der Waals surface area contributed by atoms with Gasteiger partial charge in [-0.1, -0.05) is 24.2 Å². The van der Waals surface area contributed by atoms with Crippen LogP contribution in [0.5, 0.6) is 0 Å². The summed E-state index contributed by atoms with van der Waals surface area (Å²) in [4.78, 5) is 19.2. The Morgan fingerprint density at radius 3 is 3.00 bits per heavy atom. The zero-order valence-corrected chi connectivity index (χ0v) is 15.2. The van der Waals surface area contributed by atoms with Crippen LogP contribution in [0.15, 0.2) is 47.2 Å². The molecule has 3 aromatic rings. The second-order valence-electron chi connectivity index (χ2n) is 6.56. The number of aromatic nitrogens is 4. The quantitative estimate of drug-likeness (QED) is 0.749. The zero-order chi connectivity index (χ0) is 18.6. The maximum Gasteiger partial charge on any atom is 0.322 e. The zero-order valence-electron chi connectivity index (χ0n) is 15.2. The Kier molecular flexibility index (Phi) is 4.86. The molecule has 1 fully saturated rings. The third-order valence-corrected chi connectivity index (χ3v) is 4.78. The first-order chi connectivity index (χ1) is 13.2. The van der Waals surface area contributed by atoms with Crippen molar-refractivity contribution in [3.8, 4) is 11.5 Å². The van der Waals surface area contributed by atoms with E-state index in [9.17, 15) is 4.79 Å². The van der Waals surface area contributed by atoms with E-state index in [1.54, 1.807) is 6.20 Å². The smallest absolute Gasteiger partial charge is 0.322 e. The largest absolute Gasteiger partial charge is 0.334 e. The molecule has 2 aromatic heterocycles. The summed E-state index contributed by atoms with van der Waals surface area (Å²) in [6.07, 6.45) is 6.33. The van der Waals surface area contributed by atoms with Crippen LogP contribution in [-0.2, 0) is 13.0 Å². The molecule has 140 valence electrons. The molecule has 1 N–H and O–H groups in total. The van der Waals surface area contributed by atoms with Gasteiger partial charge in [0.2, 0.25) is 0 Å². The molecule has 0 aliphatic carbocycles. The summed E-state index contributed by atoms with van der Waals surface area (Å²) in [5.41, 5.74) is 1.39. The number of nitrogens with zero attached hydrogens (tertiary/aromatic N) is 5. The van der Waals surface area contributed by atoms with Gasteiger partial charge in [-0.3, -0.25) is 4.68 Å². The molecule has 2 amide bonds. The highest BCUT2D eigenvalue weighted by Crippen LogP contribution is 2.28. The van der Waals surface area contributed by atoms with Crippen LogP contribution in [-0.4, -0.2) is 43.4 Å². The van der Waals surface area contributed by atoms with E-state index in [1.165, 1.54) is 0 Å². The van der Waals surface area contributed by atoms with E-state index in [2.05, 4.69) is 20.6 Å². The molecule has 27 heavy (non-hydrogen) atoms. The number of urea groups is 1. The van der Waals surface area contributed by atoms with Crippen molar-refractivity contribution in [3.63, 3.8) is 0 Å². The molecule has 1 atom stereocenters. The van der Waals surface area contributed by atoms with Gasteiger partial charge in [-0.15, -0.1) is 0 Å². The molecule has 0 unspecified atom stereocenters. The number of hydrogen-bond acceptors (Lipinski definition) is 5. The van der Waals surface area contributed by atoms with Gasteiger partial charge < -0.3 is 14.7 Å². The second-order valence-corrected chi connectivity index (χ2v) is 6.56. The van der Waals surface area contributed by atoms with Crippen LogP contribution in [0.4, 0.5) is 10.5 Å². The van der Waals surface area contributed by atoms with Gasteiger partial charge in [0.05, 0.1) is 23.8 Å². The van der Waals surface area contributed by atoms with Crippen molar-refractivity contribution in [3.05, 3.63) is 48.5 Å². The molecular weight excluding hydrogens is 344 g/mol. The molecule has 1 aromatic carbocycles. The first-order valence-corrected chi connectivity index (χ1v) is 9.21. The molecule has 8 nitrogen and oxygen atoms in total. The molecule has 4 rings (SSSR count). The predicted octanol–water partition coefficient (Wildman–Crippen LogP) is 3.19. The molecule has 0 spiro atoms. The fourth-order valence-corrected chi connectivity index (χ4v) is 3.39. The van der Waals surface area contributed by atoms with Crippen molar-refractivity contribution >= 4 is 11.7 Å². The lowest BCUT2D eigenvalue weighted by Gasteiger charge is -2.25. The molecule has 1 aliphatic heterocycles. The van der Waals surface area contributed by atoms with Crippen LogP contribution in [0, 0.1) is 0 Å². The Hall–Kier alpha value is -3.16. The lowest BCUT2D eigenvalue weighted by Crippen LogP contribution is -2.40. The summed E-state index contributed by atoms with van der Waals surface area (Å²) in [6.45, 7) is 3.40. The van der Waals surface area contributed by atoms with E-state index in [-0.39, 0.29) is 12.1 Å². The van der Waals surface area contributed by atoms with Crippen LogP contribution in [0.2, 0.25) is 0 Å². The highest BCUT2D eigenvalue weighted by molar-refractivity contribution is 5.93. The maximum atomic E-state index is 12.9. The number of aryl methyl sites for hydroxylation is 1. The van der Waals surface area contributed by atoms with Crippen molar-refractivity contribution < 1.29 is 9.32 Å². The molecule has 0 bridgehead atoms. The normalized spacial score (nSPS) is 16.6. The van der Waals surface area contributed by atoms with Crippen LogP contribution in [0.1, 0.15) is 25.6 Å². The van der Waals surface area contributed by atoms with Crippen molar-refractivity contribution in [1.29, 1.82) is 0 Å². The van der Waals surface area contributed by atoms with Crippen molar-refractivity contribution in [1.82, 2.24) is 24.8 Å². The Balaban J connectivity index is 1.51. The molecule has 0 radical (unpaired) electrons. The van der Waals surface area contributed by atoms with E-state index >= 15 is 0 Å². The molecular formula is C19H22N6O2. The molecule has 1 aliphatic rings. The summed E-state index contributed by atoms with van der Waals surface area (Å²) in [5.74, 6) is 1.06. The number of nitrogens with one attached hydrogen (secondary N) is 1. The van der Waals surface area contributed by atoms with Gasteiger partial charge >= 0.3 is 6.03 Å². The summed E-state index contributed by atoms with van der Waals surface area (Å²) in [7, 11) is 0. The maximum absolute atomic E-state index is 12.9. The highest BCUT2D eigenvalue weighted by Gasteiger charge is 2.29. The fraction of sp³-hybridized carbons (Fsp3) is 0.368. The number of amides is 2. The fourth-order valence-electron chi connectivity index (χ4n) is 3.39. The number of anilines is 1. The number of benzene rings is 1. The van der Waals surface area contributed by atoms with Crippen LogP contribution in [0.3, 0.4) is 0 Å². The van der Waals surface area contributed by atoms with Crippen LogP contribution >= 0.6 is 0 Å². The van der Waals surface area contributed by atoms with E-state index < -0.39 is 0 Å². The van der Waals surface area contributed by atoms with Crippen molar-refractivity contribution in [2.45, 2.75) is 38.8 Å². The molecule has 0 saturated carbocycles. The number of carbonyl (C=O) groups excluding carboxylic acids is 1. The average Bonchev–Trinajstić information content (AvgIpc) is 3.44. The lowest BCUT2D eigenvalue weighted by atomic mass is 10.1. The highest BCUT2D eigenvalue weighted by atomic mass is 16.5. The van der Waals surface area contributed by atoms with Gasteiger partial charge in [0.25, 0.3) is 5.89 Å². The summed E-state index contributed by atoms with van der Waals surface area (Å²) >= 11 is 0. The van der Waals surface area contributed by atoms with Gasteiger partial charge in [-0.25, -0.2) is 4.79 Å². The average molecular weight is 366 g/mol. The third kappa shape index (κ3) is 3.69. The van der Waals surface area contributed by atoms with E-state index in [4.69, 9.17) is 4.52 Å². The van der Waals surface area contributed by atoms with Gasteiger partial charge in [0.15, 0.2) is 5.82 Å². The minimum absolute atomic E-state index is 0.118. The first kappa shape index (κ1) is 17.3. The Labute approximate surface area is 157 Å². The molecule has 3 heterocycles. The summed E-state index contributed by atoms with van der Waals surface area (Å²) in [6, 6.07) is 9.39. The molecule has 1 saturated heterocycles. The SMILES string of the molecule is CCc1noc(-c2ccccc2NC(=O)N2CCC[C@H]2Cn2cccn2)n1. The van der Waals surface area contributed by atoms with Gasteiger partial charge in [-0.2, -0.15) is 10.1 Å². The summed E-state index contributed by atoms with van der Waals surface area (Å²) in [5, 5.41) is 11.2. The van der Waals surface area contributed by atoms with Gasteiger partial charge in [0.1, 0.15) is 0 Å². The first-order valence-electron chi connectivity index (χ1n) is 9.21. The lowest BCUT2D eigenvalue weighted by molar-refractivity contribution is 0.199. The summed E-state index contributed by atoms with van der Waals surface area (Å²) < 4.78 is 7.21. The van der Waals surface area contributed by atoms with E-state index in [0.29, 0.717) is 30.4 Å². The number of hydrogen-bond donors (Lipinski definition) is 1. The molecule has 8 heteroatoms. The van der Waals surface area contributed by atoms with Crippen LogP contribution < -0.4 is 5.32 Å². The van der Waals surface area contributed by atoms with E-state index in [1.807, 2.05) is 53.0 Å². The predicted molar refractivity (Wildman–Crippen MR) is 100 cm³/mol. The Morgan fingerprint density at radius 1 is 1.33 bits per heavy atom. The van der Waals surface area contributed by atoms with E-state index in [0.717, 1.165) is 24.9 Å². The number of para-hydroxylation sites is 1. The number of carbonyl (C=O) groups is 1. The topological polar surface area (TPSA) is 89.1 Å². The minimum atomic E-state index is -0.118. The number of likely N-dealkylation sites (tertiary alicyclic amines) is 1. The van der Waals surface area contributed by atoms with Crippen molar-refractivity contribution in [2.24, 2.45) is 0 Å². The Morgan fingerprint density at radius 2 is 2.22 bits per heavy atom. The number of rotatable bonds is 5. The Bertz CT molecular complexity index is 905. The van der Waals surface area contributed by atoms with Crippen molar-refractivity contribution in [2.75, 3.05) is 11.9 Å². The monoisotopic (exact) mass is 366 g/mol.